The molecule has 0 saturated carbocycles. The average Bonchev–Trinajstić information content (AvgIpc) is 2.99. The van der Waals surface area contributed by atoms with E-state index in [1.165, 1.54) is 11.8 Å². The molecule has 0 radical (unpaired) electrons. The number of carbonyl (C=O) groups is 1. The molecule has 96 valence electrons. The Bertz CT molecular complexity index is 510. The first-order valence-electron chi connectivity index (χ1n) is 5.36. The number of esters is 1. The van der Waals surface area contributed by atoms with E-state index in [4.69, 9.17) is 4.74 Å². The standard InChI is InChI=1S/C11H13N3O2S2/c1-8(18-11-13-12-7-14(11)2)10(15)16-6-9-4-3-5-17-9/h3-5,7-8H,6H2,1-2H3. The van der Waals surface area contributed by atoms with Gasteiger partial charge >= 0.3 is 5.97 Å². The molecule has 2 rings (SSSR count). The number of nitrogens with zero attached hydrogens (tertiary/aromatic N) is 3. The van der Waals surface area contributed by atoms with Crippen LogP contribution >= 0.6 is 23.1 Å². The molecule has 18 heavy (non-hydrogen) atoms. The van der Waals surface area contributed by atoms with Crippen LogP contribution in [0.1, 0.15) is 11.8 Å². The lowest BCUT2D eigenvalue weighted by molar-refractivity contribution is -0.143. The Morgan fingerprint density at radius 2 is 2.50 bits per heavy atom. The molecule has 2 aromatic rings. The van der Waals surface area contributed by atoms with E-state index in [0.717, 1.165) is 4.88 Å². The van der Waals surface area contributed by atoms with Crippen LogP contribution < -0.4 is 0 Å². The molecule has 0 aliphatic carbocycles. The summed E-state index contributed by atoms with van der Waals surface area (Å²) in [7, 11) is 1.84. The molecule has 0 bridgehead atoms. The van der Waals surface area contributed by atoms with Gasteiger partial charge in [0, 0.05) is 11.9 Å². The van der Waals surface area contributed by atoms with Gasteiger partial charge in [-0.3, -0.25) is 4.79 Å². The predicted octanol–water partition coefficient (Wildman–Crippen LogP) is 2.10. The first-order valence-corrected chi connectivity index (χ1v) is 7.12. The van der Waals surface area contributed by atoms with Crippen LogP contribution in [0.4, 0.5) is 0 Å². The highest BCUT2D eigenvalue weighted by Gasteiger charge is 2.18. The maximum Gasteiger partial charge on any atom is 0.319 e. The minimum atomic E-state index is -0.298. The third-order valence-electron chi connectivity index (χ3n) is 2.22. The Hall–Kier alpha value is -1.34. The maximum absolute atomic E-state index is 11.8. The van der Waals surface area contributed by atoms with E-state index in [0.29, 0.717) is 11.8 Å². The molecule has 0 saturated heterocycles. The van der Waals surface area contributed by atoms with Crippen LogP contribution in [0.3, 0.4) is 0 Å². The molecule has 0 amide bonds. The molecule has 0 fully saturated rings. The summed E-state index contributed by atoms with van der Waals surface area (Å²) in [6.45, 7) is 2.14. The predicted molar refractivity (Wildman–Crippen MR) is 70.4 cm³/mol. The second-order valence-electron chi connectivity index (χ2n) is 3.67. The first kappa shape index (κ1) is 13.1. The minimum absolute atomic E-state index is 0.239. The van der Waals surface area contributed by atoms with Crippen molar-refractivity contribution in [1.82, 2.24) is 14.8 Å². The first-order chi connectivity index (χ1) is 8.66. The van der Waals surface area contributed by atoms with Gasteiger partial charge in [0.1, 0.15) is 18.2 Å². The van der Waals surface area contributed by atoms with Crippen LogP contribution in [0, 0.1) is 0 Å². The van der Waals surface area contributed by atoms with Crippen LogP contribution in [0.15, 0.2) is 29.0 Å². The summed E-state index contributed by atoms with van der Waals surface area (Å²) in [5.74, 6) is -0.239. The number of aryl methyl sites for hydroxylation is 1. The van der Waals surface area contributed by atoms with E-state index in [1.54, 1.807) is 29.2 Å². The van der Waals surface area contributed by atoms with Gasteiger partial charge in [-0.2, -0.15) is 0 Å². The zero-order chi connectivity index (χ0) is 13.0. The molecule has 1 unspecified atom stereocenters. The summed E-state index contributed by atoms with van der Waals surface area (Å²) in [5, 5.41) is 10.0. The van der Waals surface area contributed by atoms with E-state index in [1.807, 2.05) is 24.6 Å². The maximum atomic E-state index is 11.8. The number of aromatic nitrogens is 3. The number of hydrogen-bond donors (Lipinski definition) is 0. The van der Waals surface area contributed by atoms with Crippen molar-refractivity contribution in [2.24, 2.45) is 7.05 Å². The summed E-state index contributed by atoms with van der Waals surface area (Å²) in [5.41, 5.74) is 0. The topological polar surface area (TPSA) is 57.0 Å². The van der Waals surface area contributed by atoms with Gasteiger partial charge in [0.2, 0.25) is 0 Å². The lowest BCUT2D eigenvalue weighted by Gasteiger charge is -2.09. The van der Waals surface area contributed by atoms with Crippen LogP contribution in [-0.2, 0) is 23.2 Å². The van der Waals surface area contributed by atoms with Crippen molar-refractivity contribution in [1.29, 1.82) is 0 Å². The molecule has 5 nitrogen and oxygen atoms in total. The third-order valence-corrected chi connectivity index (χ3v) is 4.20. The molecule has 7 heteroatoms. The Balaban J connectivity index is 1.83. The molecule has 0 aliphatic rings. The van der Waals surface area contributed by atoms with Gasteiger partial charge in [-0.25, -0.2) is 0 Å². The molecular weight excluding hydrogens is 270 g/mol. The highest BCUT2D eigenvalue weighted by molar-refractivity contribution is 8.00. The average molecular weight is 283 g/mol. The lowest BCUT2D eigenvalue weighted by Crippen LogP contribution is -2.17. The van der Waals surface area contributed by atoms with Crippen LogP contribution in [0.5, 0.6) is 0 Å². The van der Waals surface area contributed by atoms with E-state index in [9.17, 15) is 4.79 Å². The number of thiophene rings is 1. The van der Waals surface area contributed by atoms with Crippen LogP contribution in [0.2, 0.25) is 0 Å². The summed E-state index contributed by atoms with van der Waals surface area (Å²) in [4.78, 5) is 12.8. The number of thioether (sulfide) groups is 1. The van der Waals surface area contributed by atoms with Crippen molar-refractivity contribution in [2.75, 3.05) is 0 Å². The van der Waals surface area contributed by atoms with Gasteiger partial charge in [0.05, 0.1) is 0 Å². The van der Waals surface area contributed by atoms with Crippen molar-refractivity contribution in [3.8, 4) is 0 Å². The molecule has 0 N–H and O–H groups in total. The van der Waals surface area contributed by atoms with Gasteiger partial charge in [0.15, 0.2) is 5.16 Å². The van der Waals surface area contributed by atoms with Crippen molar-refractivity contribution in [3.05, 3.63) is 28.7 Å². The zero-order valence-corrected chi connectivity index (χ0v) is 11.7. The zero-order valence-electron chi connectivity index (χ0n) is 10.1. The number of carbonyl (C=O) groups excluding carboxylic acids is 1. The lowest BCUT2D eigenvalue weighted by atomic mass is 10.5. The molecule has 0 aromatic carbocycles. The van der Waals surface area contributed by atoms with Gasteiger partial charge in [-0.1, -0.05) is 17.8 Å². The van der Waals surface area contributed by atoms with Gasteiger partial charge in [-0.15, -0.1) is 21.5 Å². The highest BCUT2D eigenvalue weighted by atomic mass is 32.2. The molecule has 2 heterocycles. The second kappa shape index (κ2) is 6.01. The largest absolute Gasteiger partial charge is 0.459 e. The Morgan fingerprint density at radius 1 is 1.67 bits per heavy atom. The Morgan fingerprint density at radius 3 is 3.11 bits per heavy atom. The van der Waals surface area contributed by atoms with Crippen LogP contribution in [-0.4, -0.2) is 26.0 Å². The molecular formula is C11H13N3O2S2. The highest BCUT2D eigenvalue weighted by Crippen LogP contribution is 2.21. The second-order valence-corrected chi connectivity index (χ2v) is 6.01. The fourth-order valence-electron chi connectivity index (χ4n) is 1.24. The SMILES string of the molecule is CC(Sc1nncn1C)C(=O)OCc1cccs1. The smallest absolute Gasteiger partial charge is 0.319 e. The fraction of sp³-hybridized carbons (Fsp3) is 0.364. The summed E-state index contributed by atoms with van der Waals surface area (Å²) >= 11 is 2.91. The normalized spacial score (nSPS) is 12.3. The van der Waals surface area contributed by atoms with E-state index in [-0.39, 0.29) is 11.2 Å². The molecule has 1 atom stereocenters. The summed E-state index contributed by atoms with van der Waals surface area (Å²) in [6, 6.07) is 3.88. The summed E-state index contributed by atoms with van der Waals surface area (Å²) < 4.78 is 7.00. The van der Waals surface area contributed by atoms with E-state index >= 15 is 0 Å². The fourth-order valence-corrected chi connectivity index (χ4v) is 2.64. The molecule has 0 spiro atoms. The number of rotatable bonds is 5. The monoisotopic (exact) mass is 283 g/mol. The Kier molecular flexibility index (Phi) is 4.38. The third kappa shape index (κ3) is 3.33. The van der Waals surface area contributed by atoms with Gasteiger partial charge < -0.3 is 9.30 Å². The summed E-state index contributed by atoms with van der Waals surface area (Å²) in [6.07, 6.45) is 1.60. The number of ether oxygens (including phenoxy) is 1. The quantitative estimate of drug-likeness (QED) is 0.621. The minimum Gasteiger partial charge on any atom is -0.459 e. The van der Waals surface area contributed by atoms with Crippen molar-refractivity contribution in [3.63, 3.8) is 0 Å². The molecule has 0 aliphatic heterocycles. The number of hydrogen-bond acceptors (Lipinski definition) is 6. The molecule has 2 aromatic heterocycles. The van der Waals surface area contributed by atoms with Crippen LogP contribution in [0.25, 0.3) is 0 Å². The van der Waals surface area contributed by atoms with E-state index in [2.05, 4.69) is 10.2 Å². The van der Waals surface area contributed by atoms with Crippen molar-refractivity contribution < 1.29 is 9.53 Å². The van der Waals surface area contributed by atoms with E-state index < -0.39 is 0 Å². The van der Waals surface area contributed by atoms with Gasteiger partial charge in [0.25, 0.3) is 0 Å². The van der Waals surface area contributed by atoms with Gasteiger partial charge in [-0.05, 0) is 18.4 Å². The Labute approximate surface area is 113 Å². The van der Waals surface area contributed by atoms with Crippen molar-refractivity contribution in [2.45, 2.75) is 23.9 Å². The van der Waals surface area contributed by atoms with Crippen molar-refractivity contribution >= 4 is 29.1 Å².